The highest BCUT2D eigenvalue weighted by Gasteiger charge is 2.16. The van der Waals surface area contributed by atoms with Crippen LogP contribution in [0.4, 0.5) is 10.1 Å². The highest BCUT2D eigenvalue weighted by molar-refractivity contribution is 5.89. The number of hydrogen-bond donors (Lipinski definition) is 2. The van der Waals surface area contributed by atoms with E-state index in [0.717, 1.165) is 0 Å². The first-order valence-corrected chi connectivity index (χ1v) is 8.36. The summed E-state index contributed by atoms with van der Waals surface area (Å²) < 4.78 is 24.0. The van der Waals surface area contributed by atoms with Crippen molar-refractivity contribution in [1.29, 1.82) is 0 Å². The number of nitrogens with one attached hydrogen (secondary N) is 2. The first kappa shape index (κ1) is 19.0. The minimum atomic E-state index is -0.616. The Kier molecular flexibility index (Phi) is 5.95. The molecule has 144 valence electrons. The summed E-state index contributed by atoms with van der Waals surface area (Å²) in [5, 5.41) is 8.84. The fraction of sp³-hybridized carbons (Fsp3) is 0.158. The molecule has 0 aliphatic carbocycles. The smallest absolute Gasteiger partial charge is 0.316 e. The molecule has 8 nitrogen and oxygen atoms in total. The van der Waals surface area contributed by atoms with Crippen LogP contribution in [0, 0.1) is 5.82 Å². The molecular weight excluding hydrogens is 367 g/mol. The predicted octanol–water partition coefficient (Wildman–Crippen LogP) is 2.68. The van der Waals surface area contributed by atoms with E-state index in [0.29, 0.717) is 17.0 Å². The van der Waals surface area contributed by atoms with Gasteiger partial charge in [0.1, 0.15) is 11.6 Å². The number of hydrogen-bond acceptors (Lipinski definition) is 6. The molecule has 28 heavy (non-hydrogen) atoms. The molecule has 3 aromatic rings. The van der Waals surface area contributed by atoms with Gasteiger partial charge in [-0.25, -0.2) is 4.39 Å². The molecule has 1 aromatic heterocycles. The Morgan fingerprint density at radius 2 is 2.00 bits per heavy atom. The van der Waals surface area contributed by atoms with Gasteiger partial charge in [-0.05, 0) is 18.2 Å². The van der Waals surface area contributed by atoms with Crippen molar-refractivity contribution in [3.8, 4) is 5.75 Å². The van der Waals surface area contributed by atoms with Crippen molar-refractivity contribution in [2.24, 2.45) is 0 Å². The van der Waals surface area contributed by atoms with Crippen LogP contribution >= 0.6 is 0 Å². The summed E-state index contributed by atoms with van der Waals surface area (Å²) in [6.07, 6.45) is 0. The Labute approximate surface area is 159 Å². The van der Waals surface area contributed by atoms with E-state index in [1.807, 2.05) is 0 Å². The lowest BCUT2D eigenvalue weighted by Crippen LogP contribution is -2.23. The van der Waals surface area contributed by atoms with Gasteiger partial charge in [0.2, 0.25) is 11.7 Å². The molecule has 0 fully saturated rings. The molecule has 0 saturated carbocycles. The number of halogens is 1. The zero-order valence-electron chi connectivity index (χ0n) is 14.9. The maximum absolute atomic E-state index is 13.6. The normalized spacial score (nSPS) is 10.4. The molecule has 0 radical (unpaired) electrons. The third-order valence-electron chi connectivity index (χ3n) is 3.58. The third-order valence-corrected chi connectivity index (χ3v) is 3.58. The quantitative estimate of drug-likeness (QED) is 0.649. The van der Waals surface area contributed by atoms with Crippen LogP contribution in [0.1, 0.15) is 29.0 Å². The van der Waals surface area contributed by atoms with E-state index in [2.05, 4.69) is 20.8 Å². The van der Waals surface area contributed by atoms with Gasteiger partial charge in [-0.2, -0.15) is 4.98 Å². The third kappa shape index (κ3) is 5.13. The number of anilines is 1. The summed E-state index contributed by atoms with van der Waals surface area (Å²) in [7, 11) is 0. The Balaban J connectivity index is 1.54. The van der Waals surface area contributed by atoms with Gasteiger partial charge in [-0.3, -0.25) is 9.59 Å². The number of amides is 2. The first-order valence-electron chi connectivity index (χ1n) is 8.36. The topological polar surface area (TPSA) is 106 Å². The van der Waals surface area contributed by atoms with E-state index in [1.54, 1.807) is 42.5 Å². The van der Waals surface area contributed by atoms with Crippen LogP contribution in [0.2, 0.25) is 0 Å². The van der Waals surface area contributed by atoms with Crippen molar-refractivity contribution in [3.05, 3.63) is 71.6 Å². The second-order valence-electron chi connectivity index (χ2n) is 5.79. The molecule has 0 bridgehead atoms. The van der Waals surface area contributed by atoms with Crippen LogP contribution < -0.4 is 15.4 Å². The van der Waals surface area contributed by atoms with Crippen LogP contribution in [0.3, 0.4) is 0 Å². The maximum Gasteiger partial charge on any atom is 0.316 e. The standard InChI is InChI=1S/C19H17FN4O4/c1-12(25)22-14-6-4-7-15(9-14)27-11-17-23-19(28-24-17)18(26)21-10-13-5-2-3-8-16(13)20/h2-9H,10-11H2,1H3,(H,21,26)(H,22,25). The minimum absolute atomic E-state index is 0.00430. The summed E-state index contributed by atoms with van der Waals surface area (Å²) in [6, 6.07) is 12.9. The molecule has 0 aliphatic rings. The molecule has 0 saturated heterocycles. The number of carbonyl (C=O) groups is 2. The first-order chi connectivity index (χ1) is 13.5. The van der Waals surface area contributed by atoms with Crippen LogP contribution in [-0.2, 0) is 17.9 Å². The molecule has 0 unspecified atom stereocenters. The minimum Gasteiger partial charge on any atom is -0.485 e. The largest absolute Gasteiger partial charge is 0.485 e. The van der Waals surface area contributed by atoms with E-state index >= 15 is 0 Å². The lowest BCUT2D eigenvalue weighted by atomic mass is 10.2. The number of carbonyl (C=O) groups excluding carboxylic acids is 2. The molecule has 9 heteroatoms. The molecule has 0 spiro atoms. The van der Waals surface area contributed by atoms with Gasteiger partial charge >= 0.3 is 11.8 Å². The van der Waals surface area contributed by atoms with Gasteiger partial charge < -0.3 is 19.9 Å². The Morgan fingerprint density at radius 1 is 1.18 bits per heavy atom. The van der Waals surface area contributed by atoms with E-state index < -0.39 is 11.7 Å². The van der Waals surface area contributed by atoms with Crippen LogP contribution in [0.15, 0.2) is 53.1 Å². The lowest BCUT2D eigenvalue weighted by molar-refractivity contribution is -0.114. The SMILES string of the molecule is CC(=O)Nc1cccc(OCc2noc(C(=O)NCc3ccccc3F)n2)c1. The average molecular weight is 384 g/mol. The van der Waals surface area contributed by atoms with Gasteiger partial charge in [-0.1, -0.05) is 29.4 Å². The predicted molar refractivity (Wildman–Crippen MR) is 96.9 cm³/mol. The van der Waals surface area contributed by atoms with Gasteiger partial charge in [0.25, 0.3) is 0 Å². The monoisotopic (exact) mass is 384 g/mol. The summed E-state index contributed by atoms with van der Waals surface area (Å²) in [5.74, 6) is -0.815. The van der Waals surface area contributed by atoms with Crippen molar-refractivity contribution in [1.82, 2.24) is 15.5 Å². The summed E-state index contributed by atoms with van der Waals surface area (Å²) >= 11 is 0. The second kappa shape index (κ2) is 8.76. The highest BCUT2D eigenvalue weighted by Crippen LogP contribution is 2.18. The van der Waals surface area contributed by atoms with Crippen LogP contribution in [0.25, 0.3) is 0 Å². The number of ether oxygens (including phenoxy) is 1. The fourth-order valence-electron chi connectivity index (χ4n) is 2.31. The number of nitrogens with zero attached hydrogens (tertiary/aromatic N) is 2. The van der Waals surface area contributed by atoms with Gasteiger partial charge in [0.05, 0.1) is 0 Å². The molecule has 0 atom stereocenters. The summed E-state index contributed by atoms with van der Waals surface area (Å²) in [6.45, 7) is 1.37. The van der Waals surface area contributed by atoms with Gasteiger partial charge in [0, 0.05) is 30.8 Å². The Hall–Kier alpha value is -3.75. The number of benzene rings is 2. The van der Waals surface area contributed by atoms with E-state index in [4.69, 9.17) is 9.26 Å². The van der Waals surface area contributed by atoms with Gasteiger partial charge in [0.15, 0.2) is 6.61 Å². The van der Waals surface area contributed by atoms with Crippen molar-refractivity contribution in [3.63, 3.8) is 0 Å². The molecular formula is C19H17FN4O4. The zero-order chi connectivity index (χ0) is 19.9. The van der Waals surface area contributed by atoms with Crippen molar-refractivity contribution >= 4 is 17.5 Å². The molecule has 3 rings (SSSR count). The molecule has 1 heterocycles. The van der Waals surface area contributed by atoms with Crippen LogP contribution in [0.5, 0.6) is 5.75 Å². The second-order valence-corrected chi connectivity index (χ2v) is 5.79. The summed E-state index contributed by atoms with van der Waals surface area (Å²) in [4.78, 5) is 27.1. The van der Waals surface area contributed by atoms with Crippen molar-refractivity contribution in [2.75, 3.05) is 5.32 Å². The average Bonchev–Trinajstić information content (AvgIpc) is 3.14. The fourth-order valence-corrected chi connectivity index (χ4v) is 2.31. The Bertz CT molecular complexity index is 989. The van der Waals surface area contributed by atoms with Crippen LogP contribution in [-0.4, -0.2) is 22.0 Å². The lowest BCUT2D eigenvalue weighted by Gasteiger charge is -2.06. The van der Waals surface area contributed by atoms with Crippen molar-refractivity contribution in [2.45, 2.75) is 20.1 Å². The maximum atomic E-state index is 13.6. The number of rotatable bonds is 7. The highest BCUT2D eigenvalue weighted by atomic mass is 19.1. The summed E-state index contributed by atoms with van der Waals surface area (Å²) in [5.41, 5.74) is 0.935. The molecule has 2 aromatic carbocycles. The zero-order valence-corrected chi connectivity index (χ0v) is 14.9. The van der Waals surface area contributed by atoms with E-state index in [-0.39, 0.29) is 30.8 Å². The molecule has 2 N–H and O–H groups in total. The number of aromatic nitrogens is 2. The Morgan fingerprint density at radius 3 is 2.79 bits per heavy atom. The molecule has 0 aliphatic heterocycles. The van der Waals surface area contributed by atoms with Crippen molar-refractivity contribution < 1.29 is 23.2 Å². The molecule has 2 amide bonds. The van der Waals surface area contributed by atoms with E-state index in [1.165, 1.54) is 13.0 Å². The van der Waals surface area contributed by atoms with E-state index in [9.17, 15) is 14.0 Å². The van der Waals surface area contributed by atoms with Gasteiger partial charge in [-0.15, -0.1) is 0 Å².